The maximum atomic E-state index is 12.1. The Kier molecular flexibility index (Phi) is 7.21. The molecule has 1 aromatic rings. The number of hydrogen-bond acceptors (Lipinski definition) is 7. The molecule has 7 nitrogen and oxygen atoms in total. The van der Waals surface area contributed by atoms with Crippen LogP contribution in [0.4, 0.5) is 5.69 Å². The normalized spacial score (nSPS) is 16.7. The maximum Gasteiger partial charge on any atom is 0.338 e. The van der Waals surface area contributed by atoms with Crippen LogP contribution in [-0.4, -0.2) is 73.0 Å². The Morgan fingerprint density at radius 3 is 2.22 bits per heavy atom. The minimum absolute atomic E-state index is 0.267. The molecule has 0 amide bonds. The van der Waals surface area contributed by atoms with Gasteiger partial charge in [-0.2, -0.15) is 0 Å². The summed E-state index contributed by atoms with van der Waals surface area (Å²) in [5, 5.41) is 9.87. The molecule has 1 heterocycles. The van der Waals surface area contributed by atoms with Crippen LogP contribution in [0.25, 0.3) is 0 Å². The number of carbonyl (C=O) groups is 2. The van der Waals surface area contributed by atoms with Crippen molar-refractivity contribution in [2.75, 3.05) is 44.2 Å². The summed E-state index contributed by atoms with van der Waals surface area (Å²) in [6.07, 6.45) is -1.11. The Labute approximate surface area is 160 Å². The fourth-order valence-corrected chi connectivity index (χ4v) is 2.89. The lowest BCUT2D eigenvalue weighted by Gasteiger charge is -2.36. The number of ether oxygens (including phenoxy) is 2. The molecule has 1 N–H and O–H groups in total. The lowest BCUT2D eigenvalue weighted by molar-refractivity contribution is -0.154. The lowest BCUT2D eigenvalue weighted by Crippen LogP contribution is -2.49. The highest BCUT2D eigenvalue weighted by Gasteiger charge is 2.24. The fraction of sp³-hybridized carbons (Fsp3) is 0.600. The van der Waals surface area contributed by atoms with Crippen LogP contribution < -0.4 is 4.90 Å². The molecule has 0 bridgehead atoms. The summed E-state index contributed by atoms with van der Waals surface area (Å²) in [5.74, 6) is -0.899. The van der Waals surface area contributed by atoms with Gasteiger partial charge in [0.15, 0.2) is 6.10 Å². The number of rotatable bonds is 6. The van der Waals surface area contributed by atoms with Crippen molar-refractivity contribution in [3.8, 4) is 0 Å². The van der Waals surface area contributed by atoms with Gasteiger partial charge in [0, 0.05) is 38.4 Å². The molecule has 150 valence electrons. The van der Waals surface area contributed by atoms with Crippen molar-refractivity contribution in [3.05, 3.63) is 29.8 Å². The van der Waals surface area contributed by atoms with Gasteiger partial charge >= 0.3 is 11.9 Å². The first-order valence-electron chi connectivity index (χ1n) is 9.35. The average Bonchev–Trinajstić information content (AvgIpc) is 2.61. The van der Waals surface area contributed by atoms with Gasteiger partial charge < -0.3 is 19.5 Å². The van der Waals surface area contributed by atoms with Gasteiger partial charge in [-0.3, -0.25) is 4.90 Å². The van der Waals surface area contributed by atoms with E-state index in [-0.39, 0.29) is 19.1 Å². The quantitative estimate of drug-likeness (QED) is 0.755. The van der Waals surface area contributed by atoms with Gasteiger partial charge in [0.25, 0.3) is 0 Å². The summed E-state index contributed by atoms with van der Waals surface area (Å²) in [5.41, 5.74) is 1.05. The number of nitrogens with zero attached hydrogens (tertiary/aromatic N) is 2. The highest BCUT2D eigenvalue weighted by atomic mass is 16.6. The van der Waals surface area contributed by atoms with E-state index in [1.54, 1.807) is 19.1 Å². The standard InChI is InChI=1S/C20H30N2O5/c1-5-26-19(25)17(23)14-21-10-12-22(13-11-21)16-8-6-15(7-9-16)18(24)27-20(2,3)4/h6-9,17,23H,5,10-14H2,1-4H3. The van der Waals surface area contributed by atoms with Crippen LogP contribution in [0.5, 0.6) is 0 Å². The molecule has 0 aliphatic carbocycles. The van der Waals surface area contributed by atoms with E-state index >= 15 is 0 Å². The van der Waals surface area contributed by atoms with E-state index in [0.717, 1.165) is 31.9 Å². The van der Waals surface area contributed by atoms with E-state index < -0.39 is 17.7 Å². The van der Waals surface area contributed by atoms with Crippen molar-refractivity contribution in [1.29, 1.82) is 0 Å². The first-order chi connectivity index (χ1) is 12.7. The molecule has 1 fully saturated rings. The second-order valence-corrected chi connectivity index (χ2v) is 7.60. The third kappa shape index (κ3) is 6.52. The Bertz CT molecular complexity index is 631. The van der Waals surface area contributed by atoms with Crippen molar-refractivity contribution in [3.63, 3.8) is 0 Å². The van der Waals surface area contributed by atoms with Gasteiger partial charge in [0.2, 0.25) is 0 Å². The number of anilines is 1. The summed E-state index contributed by atoms with van der Waals surface area (Å²) in [6, 6.07) is 7.39. The summed E-state index contributed by atoms with van der Waals surface area (Å²) in [7, 11) is 0. The van der Waals surface area contributed by atoms with Crippen molar-refractivity contribution in [1.82, 2.24) is 4.90 Å². The molecule has 1 aliphatic rings. The minimum Gasteiger partial charge on any atom is -0.464 e. The van der Waals surface area contributed by atoms with Crippen LogP contribution in [0.15, 0.2) is 24.3 Å². The molecule has 27 heavy (non-hydrogen) atoms. The van der Waals surface area contributed by atoms with E-state index in [1.807, 2.05) is 37.8 Å². The highest BCUT2D eigenvalue weighted by Crippen LogP contribution is 2.19. The number of β-amino-alcohol motifs (C(OH)–C–C–N with tert-alkyl or cyclic N) is 1. The summed E-state index contributed by atoms with van der Waals surface area (Å²) >= 11 is 0. The van der Waals surface area contributed by atoms with Crippen molar-refractivity contribution < 1.29 is 24.2 Å². The smallest absolute Gasteiger partial charge is 0.338 e. The lowest BCUT2D eigenvalue weighted by atomic mass is 10.1. The molecule has 0 spiro atoms. The molecule has 2 rings (SSSR count). The van der Waals surface area contributed by atoms with Gasteiger partial charge in [-0.1, -0.05) is 0 Å². The molecular weight excluding hydrogens is 348 g/mol. The van der Waals surface area contributed by atoms with Crippen molar-refractivity contribution >= 4 is 17.6 Å². The highest BCUT2D eigenvalue weighted by molar-refractivity contribution is 5.90. The monoisotopic (exact) mass is 378 g/mol. The second kappa shape index (κ2) is 9.19. The molecule has 0 saturated carbocycles. The molecular formula is C20H30N2O5. The third-order valence-corrected chi connectivity index (χ3v) is 4.23. The number of esters is 2. The Morgan fingerprint density at radius 1 is 1.11 bits per heavy atom. The number of aliphatic hydroxyl groups excluding tert-OH is 1. The van der Waals surface area contributed by atoms with Gasteiger partial charge in [-0.25, -0.2) is 9.59 Å². The summed E-state index contributed by atoms with van der Waals surface area (Å²) < 4.78 is 10.2. The minimum atomic E-state index is -1.11. The van der Waals surface area contributed by atoms with E-state index in [2.05, 4.69) is 4.90 Å². The van der Waals surface area contributed by atoms with Crippen molar-refractivity contribution in [2.45, 2.75) is 39.4 Å². The van der Waals surface area contributed by atoms with Crippen LogP contribution in [0.3, 0.4) is 0 Å². The molecule has 1 unspecified atom stereocenters. The SMILES string of the molecule is CCOC(=O)C(O)CN1CCN(c2ccc(C(=O)OC(C)(C)C)cc2)CC1. The van der Waals surface area contributed by atoms with Gasteiger partial charge in [-0.15, -0.1) is 0 Å². The number of carbonyl (C=O) groups excluding carboxylic acids is 2. The predicted molar refractivity (Wildman–Crippen MR) is 103 cm³/mol. The topological polar surface area (TPSA) is 79.3 Å². The fourth-order valence-electron chi connectivity index (χ4n) is 2.89. The zero-order valence-electron chi connectivity index (χ0n) is 16.6. The molecule has 7 heteroatoms. The molecule has 1 aromatic carbocycles. The van der Waals surface area contributed by atoms with Crippen LogP contribution in [-0.2, 0) is 14.3 Å². The van der Waals surface area contributed by atoms with Crippen molar-refractivity contribution in [2.24, 2.45) is 0 Å². The number of piperazine rings is 1. The van der Waals surface area contributed by atoms with Crippen LogP contribution in [0.1, 0.15) is 38.1 Å². The molecule has 0 aromatic heterocycles. The van der Waals surface area contributed by atoms with Crippen LogP contribution in [0, 0.1) is 0 Å². The van der Waals surface area contributed by atoms with E-state index in [4.69, 9.17) is 9.47 Å². The van der Waals surface area contributed by atoms with E-state index in [1.165, 1.54) is 0 Å². The largest absolute Gasteiger partial charge is 0.464 e. The molecule has 1 atom stereocenters. The predicted octanol–water partition coefficient (Wildman–Crippen LogP) is 1.69. The maximum absolute atomic E-state index is 12.1. The van der Waals surface area contributed by atoms with E-state index in [9.17, 15) is 14.7 Å². The molecule has 1 aliphatic heterocycles. The van der Waals surface area contributed by atoms with Gasteiger partial charge in [0.1, 0.15) is 5.60 Å². The second-order valence-electron chi connectivity index (χ2n) is 7.60. The average molecular weight is 378 g/mol. The summed E-state index contributed by atoms with van der Waals surface area (Å²) in [4.78, 5) is 27.9. The van der Waals surface area contributed by atoms with E-state index in [0.29, 0.717) is 5.56 Å². The van der Waals surface area contributed by atoms with Gasteiger partial charge in [-0.05, 0) is 52.0 Å². The number of aliphatic hydroxyl groups is 1. The molecule has 1 saturated heterocycles. The number of hydrogen-bond donors (Lipinski definition) is 1. The van der Waals surface area contributed by atoms with Crippen LogP contribution in [0.2, 0.25) is 0 Å². The Morgan fingerprint density at radius 2 is 1.70 bits per heavy atom. The van der Waals surface area contributed by atoms with Crippen LogP contribution >= 0.6 is 0 Å². The first kappa shape index (κ1) is 21.2. The Balaban J connectivity index is 1.85. The zero-order chi connectivity index (χ0) is 20.0. The Hall–Kier alpha value is -2.12. The molecule has 0 radical (unpaired) electrons. The zero-order valence-corrected chi connectivity index (χ0v) is 16.6. The van der Waals surface area contributed by atoms with Gasteiger partial charge in [0.05, 0.1) is 12.2 Å². The third-order valence-electron chi connectivity index (χ3n) is 4.23. The first-order valence-corrected chi connectivity index (χ1v) is 9.35. The number of benzene rings is 1. The summed E-state index contributed by atoms with van der Waals surface area (Å²) in [6.45, 7) is 10.8.